The van der Waals surface area contributed by atoms with E-state index in [0.29, 0.717) is 23.3 Å². The molecule has 0 heterocycles. The van der Waals surface area contributed by atoms with Crippen LogP contribution in [0.4, 0.5) is 0 Å². The second-order valence-corrected chi connectivity index (χ2v) is 7.64. The van der Waals surface area contributed by atoms with Crippen molar-refractivity contribution in [1.29, 1.82) is 0 Å². The summed E-state index contributed by atoms with van der Waals surface area (Å²) in [6.45, 7) is 0.459. The van der Waals surface area contributed by atoms with Gasteiger partial charge in [-0.25, -0.2) is 9.59 Å². The van der Waals surface area contributed by atoms with E-state index in [1.807, 2.05) is 30.3 Å². The Hall–Kier alpha value is -3.74. The zero-order valence-corrected chi connectivity index (χ0v) is 17.9. The molecular weight excluding hydrogens is 420 g/mol. The van der Waals surface area contributed by atoms with Gasteiger partial charge < -0.3 is 19.3 Å². The van der Waals surface area contributed by atoms with Gasteiger partial charge in [0.2, 0.25) is 0 Å². The van der Waals surface area contributed by atoms with Crippen molar-refractivity contribution in [2.75, 3.05) is 6.61 Å². The molecule has 0 aromatic heterocycles. The van der Waals surface area contributed by atoms with Crippen molar-refractivity contribution in [2.24, 2.45) is 0 Å². The maximum atomic E-state index is 12.7. The molecule has 6 heteroatoms. The molecule has 6 nitrogen and oxygen atoms in total. The van der Waals surface area contributed by atoms with Gasteiger partial charge >= 0.3 is 11.9 Å². The zero-order valence-electron chi connectivity index (χ0n) is 17.9. The van der Waals surface area contributed by atoms with Crippen LogP contribution < -0.4 is 0 Å². The molecule has 0 radical (unpaired) electrons. The minimum atomic E-state index is -1.14. The number of hydrogen-bond donors (Lipinski definition) is 1. The molecule has 33 heavy (non-hydrogen) atoms. The van der Waals surface area contributed by atoms with Crippen molar-refractivity contribution in [3.63, 3.8) is 0 Å². The number of benzene rings is 3. The van der Waals surface area contributed by atoms with E-state index >= 15 is 0 Å². The minimum absolute atomic E-state index is 0.109. The number of rotatable bonds is 8. The highest BCUT2D eigenvalue weighted by Gasteiger charge is 2.42. The summed E-state index contributed by atoms with van der Waals surface area (Å²) in [4.78, 5) is 25.4. The third-order valence-corrected chi connectivity index (χ3v) is 5.26. The Morgan fingerprint density at radius 2 is 1.21 bits per heavy atom. The number of aliphatic hydroxyl groups is 1. The lowest BCUT2D eigenvalue weighted by molar-refractivity contribution is -0.0513. The minimum Gasteiger partial charge on any atom is -0.451 e. The summed E-state index contributed by atoms with van der Waals surface area (Å²) in [7, 11) is 0. The lowest BCUT2D eigenvalue weighted by Gasteiger charge is -2.25. The van der Waals surface area contributed by atoms with Crippen molar-refractivity contribution in [3.05, 3.63) is 119 Å². The summed E-state index contributed by atoms with van der Waals surface area (Å²) in [6, 6.07) is 26.6. The predicted octanol–water partition coefficient (Wildman–Crippen LogP) is 3.96. The maximum Gasteiger partial charge on any atom is 0.338 e. The third-order valence-electron chi connectivity index (χ3n) is 5.26. The Kier molecular flexibility index (Phi) is 7.29. The van der Waals surface area contributed by atoms with Gasteiger partial charge in [0.1, 0.15) is 6.10 Å². The van der Waals surface area contributed by atoms with Crippen LogP contribution in [-0.2, 0) is 20.8 Å². The number of carbonyl (C=O) groups excluding carboxylic acids is 2. The van der Waals surface area contributed by atoms with Crippen LogP contribution in [0.2, 0.25) is 0 Å². The Balaban J connectivity index is 1.49. The normalized spacial score (nSPS) is 19.5. The first kappa shape index (κ1) is 22.5. The van der Waals surface area contributed by atoms with Crippen LogP contribution >= 0.6 is 0 Å². The Bertz CT molecular complexity index is 1100. The lowest BCUT2D eigenvalue weighted by Crippen LogP contribution is -2.39. The summed E-state index contributed by atoms with van der Waals surface area (Å²) in [5.41, 5.74) is 2.22. The van der Waals surface area contributed by atoms with E-state index < -0.39 is 30.3 Å². The van der Waals surface area contributed by atoms with Gasteiger partial charge in [-0.05, 0) is 41.5 Å². The number of hydrogen-bond acceptors (Lipinski definition) is 6. The van der Waals surface area contributed by atoms with Crippen molar-refractivity contribution in [3.8, 4) is 0 Å². The molecule has 0 amide bonds. The van der Waals surface area contributed by atoms with E-state index in [4.69, 9.17) is 14.2 Å². The van der Waals surface area contributed by atoms with Gasteiger partial charge in [0.25, 0.3) is 0 Å². The average molecular weight is 444 g/mol. The summed E-state index contributed by atoms with van der Waals surface area (Å²) >= 11 is 0. The highest BCUT2D eigenvalue weighted by molar-refractivity contribution is 5.90. The standard InChI is InChI=1S/C27H24O6/c28-23-16-22(18-31-17-19-10-4-1-5-11-19)24(32-26(29)20-12-6-2-7-13-20)25(23)33-27(30)21-14-8-3-9-15-21/h1-16,23-25,28H,17-18H2/t23-,24?,25?/m1/s1. The molecule has 2 unspecified atom stereocenters. The van der Waals surface area contributed by atoms with Crippen molar-refractivity contribution in [1.82, 2.24) is 0 Å². The molecule has 0 aliphatic heterocycles. The number of aliphatic hydroxyl groups excluding tert-OH is 1. The molecule has 168 valence electrons. The molecule has 3 aromatic rings. The summed E-state index contributed by atoms with van der Waals surface area (Å²) < 4.78 is 17.1. The lowest BCUT2D eigenvalue weighted by atomic mass is 10.1. The zero-order chi connectivity index (χ0) is 23.0. The van der Waals surface area contributed by atoms with Crippen LogP contribution in [0, 0.1) is 0 Å². The van der Waals surface area contributed by atoms with E-state index in [2.05, 4.69) is 0 Å². The smallest absolute Gasteiger partial charge is 0.338 e. The van der Waals surface area contributed by atoms with Crippen molar-refractivity contribution < 1.29 is 28.9 Å². The average Bonchev–Trinajstić information content (AvgIpc) is 3.14. The number of carbonyl (C=O) groups is 2. The van der Waals surface area contributed by atoms with Crippen LogP contribution in [0.1, 0.15) is 26.3 Å². The molecule has 1 aliphatic rings. The SMILES string of the molecule is O=C(OC1C(COCc2ccccc2)=C[C@@H](O)C1OC(=O)c1ccccc1)c1ccccc1. The molecule has 0 saturated heterocycles. The molecule has 3 aromatic carbocycles. The van der Waals surface area contributed by atoms with Crippen LogP contribution in [0.15, 0.2) is 103 Å². The predicted molar refractivity (Wildman–Crippen MR) is 121 cm³/mol. The van der Waals surface area contributed by atoms with Gasteiger partial charge in [-0.15, -0.1) is 0 Å². The number of esters is 2. The quantitative estimate of drug-likeness (QED) is 0.418. The van der Waals surface area contributed by atoms with Crippen LogP contribution in [0.5, 0.6) is 0 Å². The molecule has 0 spiro atoms. The fraction of sp³-hybridized carbons (Fsp3) is 0.185. The van der Waals surface area contributed by atoms with Crippen LogP contribution in [0.3, 0.4) is 0 Å². The maximum absolute atomic E-state index is 12.7. The Labute approximate surface area is 192 Å². The summed E-state index contributed by atoms with van der Waals surface area (Å²) in [5.74, 6) is -1.19. The third kappa shape index (κ3) is 5.74. The van der Waals surface area contributed by atoms with Crippen LogP contribution in [0.25, 0.3) is 0 Å². The van der Waals surface area contributed by atoms with Crippen molar-refractivity contribution in [2.45, 2.75) is 24.9 Å². The summed E-state index contributed by atoms with van der Waals surface area (Å²) in [6.07, 6.45) is -1.67. The van der Waals surface area contributed by atoms with Crippen molar-refractivity contribution >= 4 is 11.9 Å². The van der Waals surface area contributed by atoms with Gasteiger partial charge in [0, 0.05) is 0 Å². The Morgan fingerprint density at radius 1 is 0.697 bits per heavy atom. The second kappa shape index (κ2) is 10.7. The molecule has 4 rings (SSSR count). The highest BCUT2D eigenvalue weighted by atomic mass is 16.6. The second-order valence-electron chi connectivity index (χ2n) is 7.64. The number of ether oxygens (including phenoxy) is 3. The van der Waals surface area contributed by atoms with E-state index in [-0.39, 0.29) is 6.61 Å². The fourth-order valence-electron chi connectivity index (χ4n) is 3.59. The van der Waals surface area contributed by atoms with Crippen LogP contribution in [-0.4, -0.2) is 42.0 Å². The first-order valence-electron chi connectivity index (χ1n) is 10.6. The largest absolute Gasteiger partial charge is 0.451 e. The van der Waals surface area contributed by atoms with Gasteiger partial charge in [-0.1, -0.05) is 66.7 Å². The first-order valence-corrected chi connectivity index (χ1v) is 10.6. The van der Waals surface area contributed by atoms with Gasteiger partial charge in [0.15, 0.2) is 12.2 Å². The molecule has 1 N–H and O–H groups in total. The monoisotopic (exact) mass is 444 g/mol. The summed E-state index contributed by atoms with van der Waals surface area (Å²) in [5, 5.41) is 10.6. The topological polar surface area (TPSA) is 82.1 Å². The molecule has 1 aliphatic carbocycles. The highest BCUT2D eigenvalue weighted by Crippen LogP contribution is 2.28. The van der Waals surface area contributed by atoms with Gasteiger partial charge in [0.05, 0.1) is 24.3 Å². The van der Waals surface area contributed by atoms with Gasteiger partial charge in [-0.3, -0.25) is 0 Å². The molecular formula is C27H24O6. The fourth-order valence-corrected chi connectivity index (χ4v) is 3.59. The van der Waals surface area contributed by atoms with E-state index in [9.17, 15) is 14.7 Å². The molecule has 0 fully saturated rings. The van der Waals surface area contributed by atoms with E-state index in [1.165, 1.54) is 6.08 Å². The van der Waals surface area contributed by atoms with Gasteiger partial charge in [-0.2, -0.15) is 0 Å². The molecule has 0 bridgehead atoms. The molecule has 3 atom stereocenters. The molecule has 0 saturated carbocycles. The van der Waals surface area contributed by atoms with E-state index in [1.54, 1.807) is 60.7 Å². The first-order chi connectivity index (χ1) is 16.1. The Morgan fingerprint density at radius 3 is 1.79 bits per heavy atom. The van der Waals surface area contributed by atoms with E-state index in [0.717, 1.165) is 5.56 Å².